The SMILES string of the molecule is C[N+]1=C(/C=C/C2=C(Cl)C(C=C=C3N(CCCCCC(=O)O)c4ccccc4C3(C)C)CCC2)C(C)(C)c2cc(C(=O)O)ccc21. The van der Waals surface area contributed by atoms with E-state index < -0.39 is 11.9 Å². The van der Waals surface area contributed by atoms with Crippen molar-refractivity contribution in [2.45, 2.75) is 83.5 Å². The van der Waals surface area contributed by atoms with Crippen LogP contribution in [0.3, 0.4) is 0 Å². The molecule has 0 amide bonds. The second-order valence-corrected chi connectivity index (χ2v) is 13.9. The predicted molar refractivity (Wildman–Crippen MR) is 181 cm³/mol. The zero-order chi connectivity index (χ0) is 32.5. The van der Waals surface area contributed by atoms with Crippen LogP contribution < -0.4 is 4.90 Å². The number of unbranched alkanes of at least 4 members (excludes halogenated alkanes) is 2. The second-order valence-electron chi connectivity index (χ2n) is 13.5. The number of halogens is 1. The fourth-order valence-corrected chi connectivity index (χ4v) is 7.51. The number of nitrogens with zero attached hydrogens (tertiary/aromatic N) is 2. The lowest BCUT2D eigenvalue weighted by Gasteiger charge is -2.26. The average Bonchev–Trinajstić information content (AvgIpc) is 3.33. The Bertz CT molecular complexity index is 1690. The number of para-hydroxylation sites is 1. The average molecular weight is 628 g/mol. The van der Waals surface area contributed by atoms with Crippen LogP contribution in [-0.2, 0) is 15.6 Å². The molecule has 2 aromatic carbocycles. The van der Waals surface area contributed by atoms with Crippen LogP contribution in [0.4, 0.5) is 11.4 Å². The number of carboxylic acid groups (broad SMARTS) is 2. The number of rotatable bonds is 10. The van der Waals surface area contributed by atoms with E-state index in [1.165, 1.54) is 11.3 Å². The first-order chi connectivity index (χ1) is 21.3. The topological polar surface area (TPSA) is 80.8 Å². The Morgan fingerprint density at radius 3 is 2.51 bits per heavy atom. The Hall–Kier alpha value is -3.86. The maximum Gasteiger partial charge on any atom is 0.335 e. The van der Waals surface area contributed by atoms with Crippen molar-refractivity contribution in [1.29, 1.82) is 0 Å². The third-order valence-electron chi connectivity index (χ3n) is 9.74. The van der Waals surface area contributed by atoms with Gasteiger partial charge in [-0.2, -0.15) is 4.58 Å². The molecule has 2 N–H and O–H groups in total. The molecule has 0 radical (unpaired) electrons. The molecule has 0 saturated carbocycles. The van der Waals surface area contributed by atoms with Gasteiger partial charge in [-0.25, -0.2) is 4.79 Å². The summed E-state index contributed by atoms with van der Waals surface area (Å²) in [7, 11) is 2.03. The molecule has 5 rings (SSSR count). The van der Waals surface area contributed by atoms with Crippen LogP contribution in [0.5, 0.6) is 0 Å². The first kappa shape index (κ1) is 32.5. The van der Waals surface area contributed by atoms with Gasteiger partial charge in [0.05, 0.1) is 16.7 Å². The van der Waals surface area contributed by atoms with Crippen LogP contribution in [0.1, 0.15) is 94.1 Å². The Labute approximate surface area is 271 Å². The standard InChI is InChI=1S/C38H43ClN2O4/c1-37(2)28-14-8-9-15-31(28)41(23-10-6-7-16-34(42)43)33(37)22-19-26-13-11-12-25(35(26)39)18-21-32-38(3,4)29-24-27(36(44)45)17-20-30(29)40(32)5/h8-9,14-15,17-21,24,26H,6-7,10-13,16,23H2,1-5H3,(H-,42,43,44,45)/p+1/b21-18+. The first-order valence-electron chi connectivity index (χ1n) is 16.0. The quantitative estimate of drug-likeness (QED) is 0.156. The third-order valence-corrected chi connectivity index (χ3v) is 10.3. The van der Waals surface area contributed by atoms with Crippen molar-refractivity contribution < 1.29 is 24.4 Å². The third kappa shape index (κ3) is 6.32. The fourth-order valence-electron chi connectivity index (χ4n) is 7.18. The highest BCUT2D eigenvalue weighted by Crippen LogP contribution is 2.47. The van der Waals surface area contributed by atoms with Gasteiger partial charge in [0.1, 0.15) is 7.05 Å². The van der Waals surface area contributed by atoms with Gasteiger partial charge >= 0.3 is 11.9 Å². The van der Waals surface area contributed by atoms with Gasteiger partial charge in [0.15, 0.2) is 5.71 Å². The van der Waals surface area contributed by atoms with Crippen molar-refractivity contribution in [1.82, 2.24) is 0 Å². The number of carbonyl (C=O) groups is 2. The van der Waals surface area contributed by atoms with Crippen LogP contribution in [-0.4, -0.2) is 46.0 Å². The molecule has 2 aromatic rings. The molecule has 0 spiro atoms. The number of aliphatic carboxylic acids is 1. The molecule has 45 heavy (non-hydrogen) atoms. The summed E-state index contributed by atoms with van der Waals surface area (Å²) >= 11 is 7.11. The zero-order valence-corrected chi connectivity index (χ0v) is 27.7. The van der Waals surface area contributed by atoms with Crippen molar-refractivity contribution in [2.24, 2.45) is 5.92 Å². The van der Waals surface area contributed by atoms with Gasteiger partial charge in [-0.05, 0) is 95.2 Å². The summed E-state index contributed by atoms with van der Waals surface area (Å²) in [6.45, 7) is 9.57. The zero-order valence-electron chi connectivity index (χ0n) is 27.0. The molecule has 0 fully saturated rings. The Morgan fingerprint density at radius 1 is 1.02 bits per heavy atom. The summed E-state index contributed by atoms with van der Waals surface area (Å²) in [5.41, 5.74) is 11.3. The summed E-state index contributed by atoms with van der Waals surface area (Å²) in [4.78, 5) is 25.0. The normalized spacial score (nSPS) is 20.0. The number of hydrogen-bond donors (Lipinski definition) is 2. The lowest BCUT2D eigenvalue weighted by atomic mass is 9.80. The van der Waals surface area contributed by atoms with Crippen molar-refractivity contribution in [3.63, 3.8) is 0 Å². The summed E-state index contributed by atoms with van der Waals surface area (Å²) in [5, 5.41) is 19.4. The van der Waals surface area contributed by atoms with E-state index in [1.54, 1.807) is 12.1 Å². The van der Waals surface area contributed by atoms with E-state index in [9.17, 15) is 14.7 Å². The molecule has 6 nitrogen and oxygen atoms in total. The Balaban J connectivity index is 1.41. The summed E-state index contributed by atoms with van der Waals surface area (Å²) in [6, 6.07) is 13.9. The van der Waals surface area contributed by atoms with Gasteiger partial charge in [-0.15, -0.1) is 5.73 Å². The van der Waals surface area contributed by atoms with Crippen LogP contribution in [0.2, 0.25) is 0 Å². The summed E-state index contributed by atoms with van der Waals surface area (Å²) < 4.78 is 2.15. The molecule has 2 aliphatic heterocycles. The summed E-state index contributed by atoms with van der Waals surface area (Å²) in [5.74, 6) is -1.59. The van der Waals surface area contributed by atoms with Crippen LogP contribution in [0.25, 0.3) is 0 Å². The number of fused-ring (bicyclic) bond motifs is 2. The van der Waals surface area contributed by atoms with Gasteiger partial charge in [0, 0.05) is 52.7 Å². The van der Waals surface area contributed by atoms with E-state index in [1.807, 2.05) is 13.1 Å². The number of allylic oxidation sites excluding steroid dienone is 5. The minimum Gasteiger partial charge on any atom is -0.481 e. The molecule has 1 unspecified atom stereocenters. The lowest BCUT2D eigenvalue weighted by molar-refractivity contribution is -0.401. The number of aromatic carboxylic acids is 1. The monoisotopic (exact) mass is 627 g/mol. The molecular formula is C38H44ClN2O4+. The highest BCUT2D eigenvalue weighted by Gasteiger charge is 2.43. The smallest absolute Gasteiger partial charge is 0.335 e. The molecule has 3 aliphatic rings. The van der Waals surface area contributed by atoms with Crippen LogP contribution in [0, 0.1) is 5.92 Å². The first-order valence-corrected chi connectivity index (χ1v) is 16.3. The van der Waals surface area contributed by atoms with Gasteiger partial charge in [0.25, 0.3) is 0 Å². The van der Waals surface area contributed by atoms with E-state index in [2.05, 4.69) is 85.4 Å². The van der Waals surface area contributed by atoms with E-state index in [0.29, 0.717) is 12.0 Å². The molecule has 236 valence electrons. The van der Waals surface area contributed by atoms with E-state index in [4.69, 9.17) is 16.7 Å². The number of carboxylic acids is 2. The number of benzene rings is 2. The minimum atomic E-state index is -0.919. The molecule has 2 heterocycles. The van der Waals surface area contributed by atoms with Crippen molar-refractivity contribution >= 4 is 40.6 Å². The van der Waals surface area contributed by atoms with Crippen molar-refractivity contribution in [3.8, 4) is 0 Å². The van der Waals surface area contributed by atoms with Crippen molar-refractivity contribution in [3.05, 3.63) is 99.4 Å². The maximum atomic E-state index is 11.6. The fraction of sp³-hybridized carbons (Fsp3) is 0.421. The molecule has 7 heteroatoms. The van der Waals surface area contributed by atoms with E-state index in [0.717, 1.165) is 71.9 Å². The summed E-state index contributed by atoms with van der Waals surface area (Å²) in [6.07, 6.45) is 12.0. The second kappa shape index (κ2) is 12.9. The lowest BCUT2D eigenvalue weighted by Crippen LogP contribution is -2.27. The van der Waals surface area contributed by atoms with Crippen LogP contribution >= 0.6 is 11.6 Å². The van der Waals surface area contributed by atoms with E-state index >= 15 is 0 Å². The van der Waals surface area contributed by atoms with Gasteiger partial charge < -0.3 is 15.1 Å². The molecular weight excluding hydrogens is 584 g/mol. The Morgan fingerprint density at radius 2 is 1.78 bits per heavy atom. The largest absolute Gasteiger partial charge is 0.481 e. The number of hydrogen-bond acceptors (Lipinski definition) is 3. The molecule has 0 aromatic heterocycles. The predicted octanol–water partition coefficient (Wildman–Crippen LogP) is 8.72. The van der Waals surface area contributed by atoms with Gasteiger partial charge in [0.2, 0.25) is 5.69 Å². The molecule has 0 bridgehead atoms. The maximum absolute atomic E-state index is 11.6. The highest BCUT2D eigenvalue weighted by molar-refractivity contribution is 6.30. The Kier molecular flexibility index (Phi) is 9.30. The molecule has 0 saturated heterocycles. The molecule has 1 atom stereocenters. The van der Waals surface area contributed by atoms with Crippen molar-refractivity contribution in [2.75, 3.05) is 18.5 Å². The molecule has 1 aliphatic carbocycles. The highest BCUT2D eigenvalue weighted by atomic mass is 35.5. The number of anilines is 1. The minimum absolute atomic E-state index is 0.0686. The van der Waals surface area contributed by atoms with E-state index in [-0.39, 0.29) is 23.2 Å². The van der Waals surface area contributed by atoms with Gasteiger partial charge in [-0.3, -0.25) is 4.79 Å². The van der Waals surface area contributed by atoms with Gasteiger partial charge in [-0.1, -0.05) is 42.3 Å². The van der Waals surface area contributed by atoms with Crippen LogP contribution in [0.15, 0.2) is 82.7 Å².